The molecular weight excluding hydrogens is 457 g/mol. The van der Waals surface area contributed by atoms with E-state index in [9.17, 15) is 9.59 Å². The molecule has 3 rings (SSSR count). The van der Waals surface area contributed by atoms with E-state index in [2.05, 4.69) is 15.8 Å². The Morgan fingerprint density at radius 1 is 1.09 bits per heavy atom. The normalized spacial score (nSPS) is 15.5. The minimum absolute atomic E-state index is 0.0755. The van der Waals surface area contributed by atoms with Gasteiger partial charge in [-0.2, -0.15) is 5.10 Å². The smallest absolute Gasteiger partial charge is 0.277 e. The number of carbonyl (C=O) groups is 2. The Kier molecular flexibility index (Phi) is 9.15. The second kappa shape index (κ2) is 12.3. The predicted octanol–water partition coefficient (Wildman–Crippen LogP) is 3.20. The van der Waals surface area contributed by atoms with Crippen LogP contribution in [0.15, 0.2) is 47.6 Å². The number of amides is 2. The van der Waals surface area contributed by atoms with E-state index >= 15 is 0 Å². The first-order chi connectivity index (χ1) is 15.5. The van der Waals surface area contributed by atoms with Crippen LogP contribution in [0.4, 0.5) is 0 Å². The van der Waals surface area contributed by atoms with Crippen molar-refractivity contribution < 1.29 is 23.8 Å². The van der Waals surface area contributed by atoms with Gasteiger partial charge < -0.3 is 19.5 Å². The minimum atomic E-state index is -0.443. The first kappa shape index (κ1) is 23.8. The molecule has 0 aromatic heterocycles. The van der Waals surface area contributed by atoms with E-state index < -0.39 is 5.91 Å². The second-order valence-electron chi connectivity index (χ2n) is 6.95. The molecule has 0 radical (unpaired) electrons. The number of ether oxygens (including phenoxy) is 3. The largest absolute Gasteiger partial charge is 0.484 e. The molecule has 1 aliphatic heterocycles. The van der Waals surface area contributed by atoms with E-state index in [1.54, 1.807) is 36.4 Å². The Morgan fingerprint density at radius 2 is 1.88 bits per heavy atom. The zero-order valence-corrected chi connectivity index (χ0v) is 18.7. The summed E-state index contributed by atoms with van der Waals surface area (Å²) in [6.45, 7) is 0.928. The molecule has 2 amide bonds. The number of hydrogen-bond donors (Lipinski definition) is 2. The predicted molar refractivity (Wildman–Crippen MR) is 122 cm³/mol. The highest BCUT2D eigenvalue weighted by molar-refractivity contribution is 6.35. The van der Waals surface area contributed by atoms with Crippen molar-refractivity contribution in [3.63, 3.8) is 0 Å². The fourth-order valence-electron chi connectivity index (χ4n) is 2.83. The molecule has 2 aromatic carbocycles. The summed E-state index contributed by atoms with van der Waals surface area (Å²) in [6, 6.07) is 11.6. The third-order valence-corrected chi connectivity index (χ3v) is 4.99. The van der Waals surface area contributed by atoms with Crippen LogP contribution in [-0.4, -0.2) is 50.5 Å². The lowest BCUT2D eigenvalue weighted by Crippen LogP contribution is -2.35. The summed E-state index contributed by atoms with van der Waals surface area (Å²) in [5.41, 5.74) is 3.10. The zero-order valence-electron chi connectivity index (χ0n) is 17.2. The number of nitrogens with zero attached hydrogens (tertiary/aromatic N) is 1. The monoisotopic (exact) mass is 479 g/mol. The Balaban J connectivity index is 1.35. The standard InChI is InChI=1S/C22H23Cl2N3O5/c23-16-5-8-20(19(24)10-16)32-14-22(29)27-26-11-15-3-6-17(7-4-15)31-13-21(28)25-12-18-2-1-9-30-18/h3-8,10-11,18H,1-2,9,12-14H2,(H,25,28)(H,27,29)/b26-11-/t18-/m0/s1. The van der Waals surface area contributed by atoms with Gasteiger partial charge in [0.1, 0.15) is 11.5 Å². The molecule has 1 heterocycles. The lowest BCUT2D eigenvalue weighted by molar-refractivity contribution is -0.124. The van der Waals surface area contributed by atoms with Crippen molar-refractivity contribution in [2.45, 2.75) is 18.9 Å². The minimum Gasteiger partial charge on any atom is -0.484 e. The van der Waals surface area contributed by atoms with Crippen molar-refractivity contribution in [2.24, 2.45) is 5.10 Å². The molecule has 32 heavy (non-hydrogen) atoms. The molecule has 0 bridgehead atoms. The van der Waals surface area contributed by atoms with Crippen LogP contribution in [0.25, 0.3) is 0 Å². The van der Waals surface area contributed by atoms with Crippen molar-refractivity contribution in [1.82, 2.24) is 10.7 Å². The van der Waals surface area contributed by atoms with Gasteiger partial charge in [0, 0.05) is 18.2 Å². The van der Waals surface area contributed by atoms with Gasteiger partial charge in [0.15, 0.2) is 13.2 Å². The van der Waals surface area contributed by atoms with Gasteiger partial charge in [0.2, 0.25) is 0 Å². The van der Waals surface area contributed by atoms with E-state index in [0.717, 1.165) is 25.0 Å². The number of hydrazone groups is 1. The highest BCUT2D eigenvalue weighted by atomic mass is 35.5. The van der Waals surface area contributed by atoms with E-state index in [-0.39, 0.29) is 25.2 Å². The molecular formula is C22H23Cl2N3O5. The molecule has 0 unspecified atom stereocenters. The molecule has 8 nitrogen and oxygen atoms in total. The van der Waals surface area contributed by atoms with Crippen LogP contribution in [-0.2, 0) is 14.3 Å². The van der Waals surface area contributed by atoms with Crippen molar-refractivity contribution >= 4 is 41.2 Å². The van der Waals surface area contributed by atoms with Crippen molar-refractivity contribution in [1.29, 1.82) is 0 Å². The summed E-state index contributed by atoms with van der Waals surface area (Å²) in [5, 5.41) is 7.47. The molecule has 2 N–H and O–H groups in total. The maximum absolute atomic E-state index is 11.8. The summed E-state index contributed by atoms with van der Waals surface area (Å²) < 4.78 is 16.3. The molecule has 0 spiro atoms. The average Bonchev–Trinajstić information content (AvgIpc) is 3.30. The number of nitrogens with one attached hydrogen (secondary N) is 2. The molecule has 2 aromatic rings. The Labute approximate surface area is 195 Å². The summed E-state index contributed by atoms with van der Waals surface area (Å²) in [4.78, 5) is 23.7. The van der Waals surface area contributed by atoms with Crippen LogP contribution in [0.1, 0.15) is 18.4 Å². The van der Waals surface area contributed by atoms with E-state index in [4.69, 9.17) is 37.4 Å². The summed E-state index contributed by atoms with van der Waals surface area (Å²) >= 11 is 11.8. The molecule has 1 fully saturated rings. The molecule has 1 atom stereocenters. The van der Waals surface area contributed by atoms with E-state index in [0.29, 0.717) is 28.1 Å². The van der Waals surface area contributed by atoms with Gasteiger partial charge in [-0.1, -0.05) is 23.2 Å². The first-order valence-electron chi connectivity index (χ1n) is 10.0. The van der Waals surface area contributed by atoms with Gasteiger partial charge >= 0.3 is 0 Å². The first-order valence-corrected chi connectivity index (χ1v) is 10.8. The summed E-state index contributed by atoms with van der Waals surface area (Å²) in [5.74, 6) is 0.259. The van der Waals surface area contributed by atoms with Crippen molar-refractivity contribution in [3.8, 4) is 11.5 Å². The quantitative estimate of drug-likeness (QED) is 0.402. The number of carbonyl (C=O) groups excluding carboxylic acids is 2. The fraction of sp³-hybridized carbons (Fsp3) is 0.318. The summed E-state index contributed by atoms with van der Waals surface area (Å²) in [7, 11) is 0. The van der Waals surface area contributed by atoms with Crippen LogP contribution < -0.4 is 20.2 Å². The molecule has 0 aliphatic carbocycles. The number of rotatable bonds is 10. The lowest BCUT2D eigenvalue weighted by Gasteiger charge is -2.11. The Hall–Kier alpha value is -2.81. The Morgan fingerprint density at radius 3 is 2.59 bits per heavy atom. The van der Waals surface area contributed by atoms with Gasteiger partial charge in [0.25, 0.3) is 11.8 Å². The van der Waals surface area contributed by atoms with Crippen LogP contribution >= 0.6 is 23.2 Å². The average molecular weight is 480 g/mol. The van der Waals surface area contributed by atoms with Gasteiger partial charge in [-0.15, -0.1) is 0 Å². The number of hydrogen-bond acceptors (Lipinski definition) is 6. The lowest BCUT2D eigenvalue weighted by atomic mass is 10.2. The third-order valence-electron chi connectivity index (χ3n) is 4.46. The molecule has 10 heteroatoms. The number of halogens is 2. The molecule has 170 valence electrons. The van der Waals surface area contributed by atoms with Crippen LogP contribution in [0.3, 0.4) is 0 Å². The van der Waals surface area contributed by atoms with Gasteiger partial charge in [-0.05, 0) is 60.9 Å². The Bertz CT molecular complexity index is 947. The van der Waals surface area contributed by atoms with Crippen molar-refractivity contribution in [3.05, 3.63) is 58.1 Å². The molecule has 1 saturated heterocycles. The van der Waals surface area contributed by atoms with Crippen LogP contribution in [0.2, 0.25) is 10.0 Å². The fourth-order valence-corrected chi connectivity index (χ4v) is 3.29. The van der Waals surface area contributed by atoms with Crippen molar-refractivity contribution in [2.75, 3.05) is 26.4 Å². The third kappa shape index (κ3) is 8.03. The van der Waals surface area contributed by atoms with Gasteiger partial charge in [-0.3, -0.25) is 9.59 Å². The molecule has 1 aliphatic rings. The second-order valence-corrected chi connectivity index (χ2v) is 7.80. The van der Waals surface area contributed by atoms with Crippen LogP contribution in [0.5, 0.6) is 11.5 Å². The van der Waals surface area contributed by atoms with Crippen LogP contribution in [0, 0.1) is 0 Å². The SMILES string of the molecule is O=C(COc1ccc(/C=N\NC(=O)COc2ccc(Cl)cc2Cl)cc1)NC[C@@H]1CCCO1. The zero-order chi connectivity index (χ0) is 22.8. The number of benzene rings is 2. The molecule has 0 saturated carbocycles. The van der Waals surface area contributed by atoms with E-state index in [1.165, 1.54) is 12.3 Å². The van der Waals surface area contributed by atoms with E-state index in [1.807, 2.05) is 0 Å². The van der Waals surface area contributed by atoms with Gasteiger partial charge in [0.05, 0.1) is 17.3 Å². The summed E-state index contributed by atoms with van der Waals surface area (Å²) in [6.07, 6.45) is 3.57. The maximum Gasteiger partial charge on any atom is 0.277 e. The maximum atomic E-state index is 11.8. The topological polar surface area (TPSA) is 98.2 Å². The van der Waals surface area contributed by atoms with Gasteiger partial charge in [-0.25, -0.2) is 5.43 Å². The highest BCUT2D eigenvalue weighted by Gasteiger charge is 2.16. The highest BCUT2D eigenvalue weighted by Crippen LogP contribution is 2.27.